The van der Waals surface area contributed by atoms with Gasteiger partial charge in [0.25, 0.3) is 0 Å². The molecule has 2 bridgehead atoms. The number of aliphatic hydroxyl groups excluding tert-OH is 2. The summed E-state index contributed by atoms with van der Waals surface area (Å²) in [5.41, 5.74) is -2.79. The Kier molecular flexibility index (Phi) is 4.50. The molecule has 0 radical (unpaired) electrons. The molecular formula is C30H34O7. The fraction of sp³-hybridized carbons (Fsp3) is 0.600. The summed E-state index contributed by atoms with van der Waals surface area (Å²) in [6, 6.07) is 9.32. The van der Waals surface area contributed by atoms with Crippen molar-refractivity contribution in [1.29, 1.82) is 0 Å². The predicted molar refractivity (Wildman–Crippen MR) is 132 cm³/mol. The lowest BCUT2D eigenvalue weighted by atomic mass is 9.21. The van der Waals surface area contributed by atoms with Crippen molar-refractivity contribution in [3.63, 3.8) is 0 Å². The Morgan fingerprint density at radius 1 is 1.14 bits per heavy atom. The molecule has 1 aromatic rings. The van der Waals surface area contributed by atoms with E-state index >= 15 is 0 Å². The van der Waals surface area contributed by atoms with E-state index in [-0.39, 0.29) is 23.9 Å². The zero-order valence-corrected chi connectivity index (χ0v) is 21.2. The summed E-state index contributed by atoms with van der Waals surface area (Å²) >= 11 is 0. The third kappa shape index (κ3) is 2.32. The van der Waals surface area contributed by atoms with E-state index in [1.54, 1.807) is 6.08 Å². The Bertz CT molecular complexity index is 1250. The van der Waals surface area contributed by atoms with Gasteiger partial charge in [0, 0.05) is 23.3 Å². The third-order valence-corrected chi connectivity index (χ3v) is 11.4. The topological polar surface area (TPSA) is 113 Å². The number of Topliss-reactive ketones (excluding diaryl/α,β-unsaturated/α-hetero) is 1. The molecule has 2 spiro atoms. The molecule has 2 heterocycles. The first-order valence-electron chi connectivity index (χ1n) is 13.4. The van der Waals surface area contributed by atoms with Crippen LogP contribution in [-0.4, -0.2) is 57.3 Å². The van der Waals surface area contributed by atoms with Crippen molar-refractivity contribution in [3.8, 4) is 0 Å². The van der Waals surface area contributed by atoms with Crippen LogP contribution < -0.4 is 0 Å². The van der Waals surface area contributed by atoms with Crippen LogP contribution in [-0.2, 0) is 19.1 Å². The summed E-state index contributed by atoms with van der Waals surface area (Å²) in [5.74, 6) is -4.65. The van der Waals surface area contributed by atoms with E-state index in [1.165, 1.54) is 6.08 Å². The number of hydrogen-bond acceptors (Lipinski definition) is 7. The molecule has 37 heavy (non-hydrogen) atoms. The Hall–Kier alpha value is -2.32. The van der Waals surface area contributed by atoms with Crippen molar-refractivity contribution >= 4 is 17.8 Å². The molecule has 196 valence electrons. The molecule has 7 nitrogen and oxygen atoms in total. The van der Waals surface area contributed by atoms with Gasteiger partial charge in [-0.1, -0.05) is 50.8 Å². The second-order valence-electron chi connectivity index (χ2n) is 12.9. The number of fused-ring (bicyclic) bond motifs is 1. The summed E-state index contributed by atoms with van der Waals surface area (Å²) in [6.07, 6.45) is 3.44. The number of aliphatic hydroxyl groups is 3. The van der Waals surface area contributed by atoms with Crippen LogP contribution in [0.1, 0.15) is 45.1 Å². The lowest BCUT2D eigenvalue weighted by Crippen LogP contribution is -2.97. The van der Waals surface area contributed by atoms with Crippen LogP contribution in [0.15, 0.2) is 48.6 Å². The van der Waals surface area contributed by atoms with Crippen LogP contribution in [0.25, 0.3) is 6.08 Å². The van der Waals surface area contributed by atoms with Crippen molar-refractivity contribution in [2.45, 2.75) is 63.1 Å². The van der Waals surface area contributed by atoms with Gasteiger partial charge >= 0.3 is 5.97 Å². The van der Waals surface area contributed by atoms with Crippen molar-refractivity contribution in [1.82, 2.24) is 0 Å². The van der Waals surface area contributed by atoms with Gasteiger partial charge in [-0.05, 0) is 60.1 Å². The van der Waals surface area contributed by atoms with Crippen LogP contribution in [0.4, 0.5) is 0 Å². The van der Waals surface area contributed by atoms with Gasteiger partial charge in [0.15, 0.2) is 11.4 Å². The first-order valence-corrected chi connectivity index (χ1v) is 13.4. The van der Waals surface area contributed by atoms with Gasteiger partial charge in [-0.3, -0.25) is 4.79 Å². The number of hydrogen-bond donors (Lipinski definition) is 3. The summed E-state index contributed by atoms with van der Waals surface area (Å²) in [4.78, 5) is 27.4. The van der Waals surface area contributed by atoms with Gasteiger partial charge in [-0.2, -0.15) is 0 Å². The largest absolute Gasteiger partial charge is 0.443 e. The van der Waals surface area contributed by atoms with Crippen LogP contribution in [0.5, 0.6) is 0 Å². The van der Waals surface area contributed by atoms with Gasteiger partial charge in [-0.15, -0.1) is 0 Å². The lowest BCUT2D eigenvalue weighted by molar-refractivity contribution is -0.483. The maximum atomic E-state index is 14.4. The number of carbonyl (C=O) groups is 2. The van der Waals surface area contributed by atoms with E-state index in [9.17, 15) is 24.9 Å². The third-order valence-electron chi connectivity index (χ3n) is 11.4. The Morgan fingerprint density at radius 3 is 2.59 bits per heavy atom. The summed E-state index contributed by atoms with van der Waals surface area (Å²) in [5, 5.41) is 35.4. The highest BCUT2D eigenvalue weighted by Crippen LogP contribution is 2.85. The van der Waals surface area contributed by atoms with Gasteiger partial charge in [0.1, 0.15) is 11.5 Å². The zero-order chi connectivity index (χ0) is 26.2. The van der Waals surface area contributed by atoms with Crippen molar-refractivity contribution < 1.29 is 34.4 Å². The predicted octanol–water partition coefficient (Wildman–Crippen LogP) is 2.64. The van der Waals surface area contributed by atoms with E-state index in [2.05, 4.69) is 20.4 Å². The van der Waals surface area contributed by atoms with E-state index < -0.39 is 58.0 Å². The zero-order valence-electron chi connectivity index (χ0n) is 21.2. The van der Waals surface area contributed by atoms with E-state index in [1.807, 2.05) is 30.3 Å². The van der Waals surface area contributed by atoms with Crippen LogP contribution >= 0.6 is 0 Å². The fourth-order valence-corrected chi connectivity index (χ4v) is 10.1. The average Bonchev–Trinajstić information content (AvgIpc) is 2.88. The molecule has 2 aliphatic heterocycles. The minimum absolute atomic E-state index is 0.0977. The molecule has 8 rings (SSSR count). The molecule has 1 aromatic carbocycles. The molecule has 3 N–H and O–H groups in total. The van der Waals surface area contributed by atoms with E-state index in [0.29, 0.717) is 24.8 Å². The maximum absolute atomic E-state index is 14.4. The number of ether oxygens (including phenoxy) is 2. The minimum Gasteiger partial charge on any atom is -0.443 e. The molecule has 7 heteroatoms. The van der Waals surface area contributed by atoms with Gasteiger partial charge in [0.2, 0.25) is 5.79 Å². The first-order chi connectivity index (χ1) is 17.5. The van der Waals surface area contributed by atoms with Gasteiger partial charge < -0.3 is 24.8 Å². The number of ketones is 1. The second kappa shape index (κ2) is 7.00. The van der Waals surface area contributed by atoms with Crippen LogP contribution in [0, 0.1) is 39.9 Å². The number of esters is 1. The normalized spacial score (nSPS) is 50.4. The minimum atomic E-state index is -2.10. The Labute approximate surface area is 216 Å². The van der Waals surface area contributed by atoms with E-state index in [4.69, 9.17) is 9.47 Å². The van der Waals surface area contributed by atoms with Crippen molar-refractivity contribution in [2.75, 3.05) is 6.61 Å². The van der Waals surface area contributed by atoms with Gasteiger partial charge in [0.05, 0.1) is 12.7 Å². The van der Waals surface area contributed by atoms with Gasteiger partial charge in [-0.25, -0.2) is 4.79 Å². The standard InChI is InChI=1S/C30H34O7/c1-16-18-10-11-19-27-15-36-30(35,24(33)23(27)26(2,3)14-13-20(27)31)28(19)22(18)29(16,25(28)34)37-21(32)12-9-17-7-5-4-6-8-17/h4-9,12,18-20,22-24,31,33,35H,1,10-11,13-15H2,2-3H3/b12-9+/t18-,19-,20-,22+,23+,24-,27+,28+,29-,30?/m0/s1. The summed E-state index contributed by atoms with van der Waals surface area (Å²) in [6.45, 7) is 8.39. The molecule has 7 aliphatic rings. The SMILES string of the molecule is C=C1[C@@H]2CC[C@H]3[C@@]45COC(O)([C@@H](O)[C@@H]4C(C)(C)CC[C@@H]5O)[C@]34C(=O)[C@@]1(OC(=O)/C=C/c1ccccc1)[C@H]24. The number of carbonyl (C=O) groups excluding carboxylic acids is 2. The Morgan fingerprint density at radius 2 is 1.86 bits per heavy atom. The summed E-state index contributed by atoms with van der Waals surface area (Å²) in [7, 11) is 0. The molecule has 2 saturated heterocycles. The first kappa shape index (κ1) is 23.8. The molecule has 7 fully saturated rings. The van der Waals surface area contributed by atoms with Crippen molar-refractivity contribution in [3.05, 3.63) is 54.1 Å². The molecule has 5 aliphatic carbocycles. The Balaban J connectivity index is 1.30. The maximum Gasteiger partial charge on any atom is 0.332 e. The fourth-order valence-electron chi connectivity index (χ4n) is 10.1. The molecule has 5 saturated carbocycles. The number of rotatable bonds is 3. The monoisotopic (exact) mass is 506 g/mol. The highest BCUT2D eigenvalue weighted by Gasteiger charge is 2.97. The number of benzene rings is 1. The molecule has 1 unspecified atom stereocenters. The highest BCUT2D eigenvalue weighted by atomic mass is 16.6. The van der Waals surface area contributed by atoms with Crippen molar-refractivity contribution in [2.24, 2.45) is 39.9 Å². The quantitative estimate of drug-likeness (QED) is 0.328. The highest BCUT2D eigenvalue weighted by molar-refractivity contribution is 6.09. The smallest absolute Gasteiger partial charge is 0.332 e. The average molecular weight is 507 g/mol. The molecule has 0 amide bonds. The van der Waals surface area contributed by atoms with E-state index in [0.717, 1.165) is 12.0 Å². The summed E-state index contributed by atoms with van der Waals surface area (Å²) < 4.78 is 12.0. The molecule has 0 aromatic heterocycles. The molecular weight excluding hydrogens is 472 g/mol. The van der Waals surface area contributed by atoms with Crippen LogP contribution in [0.3, 0.4) is 0 Å². The lowest BCUT2D eigenvalue weighted by Gasteiger charge is -2.84. The molecule has 10 atom stereocenters. The second-order valence-corrected chi connectivity index (χ2v) is 12.9. The van der Waals surface area contributed by atoms with Crippen LogP contribution in [0.2, 0.25) is 0 Å².